The number of ether oxygens (including phenoxy) is 1. The molecule has 1 aliphatic heterocycles. The van der Waals surface area contributed by atoms with Crippen LogP contribution in [0.25, 0.3) is 10.2 Å². The Labute approximate surface area is 216 Å². The number of carbonyl (C=O) groups is 1. The van der Waals surface area contributed by atoms with Crippen LogP contribution in [0.3, 0.4) is 0 Å². The summed E-state index contributed by atoms with van der Waals surface area (Å²) in [5, 5.41) is 4.15. The maximum Gasteiger partial charge on any atom is 0.251 e. The molecule has 2 heterocycles. The zero-order valence-corrected chi connectivity index (χ0v) is 21.5. The Bertz CT molecular complexity index is 1280. The number of nitrogens with one attached hydrogen (secondary N) is 1. The highest BCUT2D eigenvalue weighted by Gasteiger charge is 2.20. The van der Waals surface area contributed by atoms with E-state index in [1.807, 2.05) is 49.4 Å². The van der Waals surface area contributed by atoms with Gasteiger partial charge >= 0.3 is 0 Å². The normalized spacial score (nSPS) is 14.2. The van der Waals surface area contributed by atoms with Crippen molar-refractivity contribution in [2.75, 3.05) is 50.8 Å². The number of benzene rings is 3. The van der Waals surface area contributed by atoms with E-state index in [9.17, 15) is 4.79 Å². The molecule has 7 heteroatoms. The molecule has 1 aromatic heterocycles. The molecule has 0 bridgehead atoms. The first kappa shape index (κ1) is 24.3. The highest BCUT2D eigenvalue weighted by molar-refractivity contribution is 7.22. The second kappa shape index (κ2) is 11.5. The third-order valence-corrected chi connectivity index (χ3v) is 7.56. The lowest BCUT2D eigenvalue weighted by atomic mass is 10.0. The maximum absolute atomic E-state index is 12.6. The van der Waals surface area contributed by atoms with Crippen molar-refractivity contribution in [1.29, 1.82) is 0 Å². The monoisotopic (exact) mass is 500 g/mol. The molecule has 1 N–H and O–H groups in total. The van der Waals surface area contributed by atoms with Crippen LogP contribution in [-0.2, 0) is 6.42 Å². The minimum atomic E-state index is -0.0132. The quantitative estimate of drug-likeness (QED) is 0.357. The highest BCUT2D eigenvalue weighted by atomic mass is 32.1. The highest BCUT2D eigenvalue weighted by Crippen LogP contribution is 2.32. The van der Waals surface area contributed by atoms with Crippen LogP contribution in [0.4, 0.5) is 5.13 Å². The number of nitrogens with zero attached hydrogens (tertiary/aromatic N) is 3. The van der Waals surface area contributed by atoms with Crippen molar-refractivity contribution < 1.29 is 9.53 Å². The van der Waals surface area contributed by atoms with Gasteiger partial charge in [0.25, 0.3) is 5.91 Å². The van der Waals surface area contributed by atoms with Crippen molar-refractivity contribution >= 4 is 32.6 Å². The van der Waals surface area contributed by atoms with Crippen LogP contribution in [0, 0.1) is 0 Å². The van der Waals surface area contributed by atoms with Crippen molar-refractivity contribution in [1.82, 2.24) is 15.2 Å². The van der Waals surface area contributed by atoms with Gasteiger partial charge in [-0.15, -0.1) is 0 Å². The number of rotatable bonds is 9. The summed E-state index contributed by atoms with van der Waals surface area (Å²) in [6, 6.07) is 24.4. The third kappa shape index (κ3) is 6.04. The minimum absolute atomic E-state index is 0.0132. The Kier molecular flexibility index (Phi) is 7.79. The van der Waals surface area contributed by atoms with E-state index < -0.39 is 0 Å². The van der Waals surface area contributed by atoms with Gasteiger partial charge in [0.2, 0.25) is 0 Å². The number of amides is 1. The standard InChI is InChI=1S/C29H32N4O2S/c1-2-35-25-12-13-26-27(21-25)36-29(31-26)33-18-16-32(17-19-33)15-14-30-28(34)24-10-8-23(9-11-24)20-22-6-4-3-5-7-22/h3-13,21H,2,14-20H2,1H3,(H,30,34). The van der Waals surface area contributed by atoms with E-state index in [4.69, 9.17) is 9.72 Å². The lowest BCUT2D eigenvalue weighted by molar-refractivity contribution is 0.0948. The molecule has 1 saturated heterocycles. The molecule has 186 valence electrons. The molecule has 4 aromatic rings. The van der Waals surface area contributed by atoms with E-state index in [0.29, 0.717) is 18.7 Å². The molecule has 3 aromatic carbocycles. The van der Waals surface area contributed by atoms with Gasteiger partial charge < -0.3 is 15.0 Å². The lowest BCUT2D eigenvalue weighted by Gasteiger charge is -2.34. The Morgan fingerprint density at radius 1 is 0.972 bits per heavy atom. The lowest BCUT2D eigenvalue weighted by Crippen LogP contribution is -2.48. The van der Waals surface area contributed by atoms with Gasteiger partial charge in [-0.05, 0) is 54.8 Å². The van der Waals surface area contributed by atoms with Gasteiger partial charge in [0.05, 0.1) is 16.8 Å². The molecule has 0 unspecified atom stereocenters. The van der Waals surface area contributed by atoms with Crippen LogP contribution in [0.15, 0.2) is 72.8 Å². The van der Waals surface area contributed by atoms with E-state index >= 15 is 0 Å². The number of piperazine rings is 1. The fourth-order valence-electron chi connectivity index (χ4n) is 4.48. The summed E-state index contributed by atoms with van der Waals surface area (Å²) < 4.78 is 6.78. The van der Waals surface area contributed by atoms with Crippen LogP contribution in [0.5, 0.6) is 5.75 Å². The third-order valence-electron chi connectivity index (χ3n) is 6.48. The Morgan fingerprint density at radius 2 is 1.72 bits per heavy atom. The van der Waals surface area contributed by atoms with Crippen LogP contribution >= 0.6 is 11.3 Å². The molecule has 0 saturated carbocycles. The van der Waals surface area contributed by atoms with Gasteiger partial charge in [0, 0.05) is 44.8 Å². The first-order valence-electron chi connectivity index (χ1n) is 12.6. The molecule has 0 spiro atoms. The van der Waals surface area contributed by atoms with Crippen molar-refractivity contribution in [3.05, 3.63) is 89.5 Å². The summed E-state index contributed by atoms with van der Waals surface area (Å²) in [5.74, 6) is 0.885. The number of hydrogen-bond acceptors (Lipinski definition) is 6. The van der Waals surface area contributed by atoms with Crippen molar-refractivity contribution in [2.45, 2.75) is 13.3 Å². The molecule has 0 radical (unpaired) electrons. The average molecular weight is 501 g/mol. The van der Waals surface area contributed by atoms with Crippen LogP contribution in [0.2, 0.25) is 0 Å². The number of anilines is 1. The molecule has 1 aliphatic rings. The number of hydrogen-bond donors (Lipinski definition) is 1. The maximum atomic E-state index is 12.6. The van der Waals surface area contributed by atoms with Gasteiger partial charge in [0.1, 0.15) is 5.75 Å². The second-order valence-electron chi connectivity index (χ2n) is 9.00. The summed E-state index contributed by atoms with van der Waals surface area (Å²) in [6.45, 7) is 7.96. The summed E-state index contributed by atoms with van der Waals surface area (Å²) >= 11 is 1.72. The minimum Gasteiger partial charge on any atom is -0.494 e. The topological polar surface area (TPSA) is 57.7 Å². The predicted molar refractivity (Wildman–Crippen MR) is 147 cm³/mol. The Hall–Kier alpha value is -3.42. The van der Waals surface area contributed by atoms with E-state index in [1.165, 1.54) is 11.1 Å². The van der Waals surface area contributed by atoms with E-state index in [0.717, 1.165) is 60.2 Å². The van der Waals surface area contributed by atoms with Gasteiger partial charge in [-0.3, -0.25) is 9.69 Å². The molecule has 6 nitrogen and oxygen atoms in total. The van der Waals surface area contributed by atoms with E-state index in [-0.39, 0.29) is 5.91 Å². The molecule has 0 atom stereocenters. The molecule has 1 amide bonds. The molecular weight excluding hydrogens is 468 g/mol. The van der Waals surface area contributed by atoms with Gasteiger partial charge in [0.15, 0.2) is 5.13 Å². The van der Waals surface area contributed by atoms with Crippen molar-refractivity contribution in [3.63, 3.8) is 0 Å². The average Bonchev–Trinajstić information content (AvgIpc) is 3.34. The summed E-state index contributed by atoms with van der Waals surface area (Å²) in [5.41, 5.74) is 4.21. The summed E-state index contributed by atoms with van der Waals surface area (Å²) in [6.07, 6.45) is 0.875. The largest absolute Gasteiger partial charge is 0.494 e. The van der Waals surface area contributed by atoms with Gasteiger partial charge in [-0.25, -0.2) is 4.98 Å². The molecule has 1 fully saturated rings. The Morgan fingerprint density at radius 3 is 2.47 bits per heavy atom. The first-order chi connectivity index (χ1) is 17.7. The molecular formula is C29H32N4O2S. The fraction of sp³-hybridized carbons (Fsp3) is 0.310. The van der Waals surface area contributed by atoms with Gasteiger partial charge in [-0.1, -0.05) is 53.8 Å². The van der Waals surface area contributed by atoms with Crippen molar-refractivity contribution in [2.24, 2.45) is 0 Å². The Balaban J connectivity index is 1.06. The number of fused-ring (bicyclic) bond motifs is 1. The number of thiazole rings is 1. The SMILES string of the molecule is CCOc1ccc2nc(N3CCN(CCNC(=O)c4ccc(Cc5ccccc5)cc4)CC3)sc2c1. The number of aromatic nitrogens is 1. The predicted octanol–water partition coefficient (Wildman–Crippen LogP) is 4.84. The zero-order chi connectivity index (χ0) is 24.7. The van der Waals surface area contributed by atoms with E-state index in [2.05, 4.69) is 45.4 Å². The van der Waals surface area contributed by atoms with E-state index in [1.54, 1.807) is 11.3 Å². The number of carbonyl (C=O) groups excluding carboxylic acids is 1. The second-order valence-corrected chi connectivity index (χ2v) is 10.0. The zero-order valence-electron chi connectivity index (χ0n) is 20.7. The molecule has 5 rings (SSSR count). The van der Waals surface area contributed by atoms with Crippen LogP contribution < -0.4 is 15.0 Å². The van der Waals surface area contributed by atoms with Crippen molar-refractivity contribution in [3.8, 4) is 5.75 Å². The smallest absolute Gasteiger partial charge is 0.251 e. The molecule has 36 heavy (non-hydrogen) atoms. The fourth-order valence-corrected chi connectivity index (χ4v) is 5.53. The summed E-state index contributed by atoms with van der Waals surface area (Å²) in [7, 11) is 0. The van der Waals surface area contributed by atoms with Gasteiger partial charge in [-0.2, -0.15) is 0 Å². The first-order valence-corrected chi connectivity index (χ1v) is 13.4. The van der Waals surface area contributed by atoms with Crippen LogP contribution in [0.1, 0.15) is 28.4 Å². The summed E-state index contributed by atoms with van der Waals surface area (Å²) in [4.78, 5) is 22.2. The molecule has 0 aliphatic carbocycles. The van der Waals surface area contributed by atoms with Crippen LogP contribution in [-0.4, -0.2) is 61.7 Å².